The molecule has 0 saturated heterocycles. The van der Waals surface area contributed by atoms with Gasteiger partial charge in [-0.05, 0) is 24.6 Å². The van der Waals surface area contributed by atoms with Crippen molar-refractivity contribution < 1.29 is 23.0 Å². The molecule has 1 amide bonds. The Bertz CT molecular complexity index is 708. The third-order valence-corrected chi connectivity index (χ3v) is 4.29. The summed E-state index contributed by atoms with van der Waals surface area (Å²) in [4.78, 5) is 12.0. The van der Waals surface area contributed by atoms with Crippen LogP contribution in [0.25, 0.3) is 0 Å². The molecule has 0 aliphatic rings. The summed E-state index contributed by atoms with van der Waals surface area (Å²) in [7, 11) is 1.35. The molecule has 0 fully saturated rings. The number of nitrogens with one attached hydrogen (secondary N) is 1. The summed E-state index contributed by atoms with van der Waals surface area (Å²) in [6.45, 7) is -0.949. The molecular formula is C18H19F2NO3S. The number of carbonyl (C=O) groups excluding carboxylic acids is 1. The SMILES string of the molecule is COc1ccc(NC(=O)CSCc2ccc(C)cc2)cc1OC(F)F. The molecule has 7 heteroatoms. The Labute approximate surface area is 149 Å². The highest BCUT2D eigenvalue weighted by Gasteiger charge is 2.12. The van der Waals surface area contributed by atoms with Gasteiger partial charge in [0, 0.05) is 17.5 Å². The minimum absolute atomic E-state index is 0.123. The van der Waals surface area contributed by atoms with E-state index in [-0.39, 0.29) is 23.2 Å². The average Bonchev–Trinajstić information content (AvgIpc) is 2.56. The molecule has 2 aromatic rings. The standard InChI is InChI=1S/C18H19F2NO3S/c1-12-3-5-13(6-4-12)10-25-11-17(22)21-14-7-8-15(23-2)16(9-14)24-18(19)20/h3-9,18H,10-11H2,1-2H3,(H,21,22). The third kappa shape index (κ3) is 6.26. The maximum atomic E-state index is 12.4. The van der Waals surface area contributed by atoms with E-state index in [9.17, 15) is 13.6 Å². The number of rotatable bonds is 8. The van der Waals surface area contributed by atoms with Gasteiger partial charge >= 0.3 is 6.61 Å². The number of thioether (sulfide) groups is 1. The number of amides is 1. The van der Waals surface area contributed by atoms with E-state index in [1.54, 1.807) is 6.07 Å². The predicted molar refractivity (Wildman–Crippen MR) is 95.6 cm³/mol. The lowest BCUT2D eigenvalue weighted by Gasteiger charge is -2.12. The van der Waals surface area contributed by atoms with Gasteiger partial charge < -0.3 is 14.8 Å². The highest BCUT2D eigenvalue weighted by atomic mass is 32.2. The topological polar surface area (TPSA) is 47.6 Å². The first kappa shape index (κ1) is 19.1. The van der Waals surface area contributed by atoms with Crippen LogP contribution >= 0.6 is 11.8 Å². The van der Waals surface area contributed by atoms with Crippen LogP contribution in [0.3, 0.4) is 0 Å². The Balaban J connectivity index is 1.88. The molecule has 2 aromatic carbocycles. The predicted octanol–water partition coefficient (Wildman–Crippen LogP) is 4.48. The van der Waals surface area contributed by atoms with E-state index in [2.05, 4.69) is 10.1 Å². The highest BCUT2D eigenvalue weighted by molar-refractivity contribution is 7.99. The first-order valence-electron chi connectivity index (χ1n) is 7.54. The van der Waals surface area contributed by atoms with Crippen molar-refractivity contribution in [1.29, 1.82) is 0 Å². The van der Waals surface area contributed by atoms with Crippen LogP contribution in [-0.4, -0.2) is 25.4 Å². The van der Waals surface area contributed by atoms with Crippen LogP contribution in [0.2, 0.25) is 0 Å². The zero-order valence-corrected chi connectivity index (χ0v) is 14.7. The second-order valence-corrected chi connectivity index (χ2v) is 6.26. The van der Waals surface area contributed by atoms with Gasteiger partial charge in [0.05, 0.1) is 12.9 Å². The summed E-state index contributed by atoms with van der Waals surface area (Å²) >= 11 is 1.47. The minimum Gasteiger partial charge on any atom is -0.493 e. The molecule has 0 radical (unpaired) electrons. The van der Waals surface area contributed by atoms with Gasteiger partial charge in [0.1, 0.15) is 0 Å². The number of hydrogen-bond acceptors (Lipinski definition) is 4. The molecule has 0 atom stereocenters. The highest BCUT2D eigenvalue weighted by Crippen LogP contribution is 2.31. The molecule has 0 heterocycles. The van der Waals surface area contributed by atoms with Crippen molar-refractivity contribution >= 4 is 23.4 Å². The molecule has 0 aromatic heterocycles. The largest absolute Gasteiger partial charge is 0.493 e. The summed E-state index contributed by atoms with van der Waals surface area (Å²) in [5, 5.41) is 2.66. The normalized spacial score (nSPS) is 10.6. The van der Waals surface area contributed by atoms with Crippen LogP contribution in [0.5, 0.6) is 11.5 Å². The maximum absolute atomic E-state index is 12.4. The molecule has 0 aliphatic carbocycles. The molecule has 25 heavy (non-hydrogen) atoms. The molecule has 0 saturated carbocycles. The van der Waals surface area contributed by atoms with Gasteiger partial charge in [-0.1, -0.05) is 29.8 Å². The average molecular weight is 367 g/mol. The van der Waals surface area contributed by atoms with Crippen molar-refractivity contribution in [2.24, 2.45) is 0 Å². The number of aryl methyl sites for hydroxylation is 1. The van der Waals surface area contributed by atoms with Gasteiger partial charge in [0.15, 0.2) is 11.5 Å². The Morgan fingerprint density at radius 1 is 1.16 bits per heavy atom. The van der Waals surface area contributed by atoms with E-state index in [1.165, 1.54) is 36.6 Å². The fourth-order valence-electron chi connectivity index (χ4n) is 2.09. The molecule has 0 bridgehead atoms. The van der Waals surface area contributed by atoms with Gasteiger partial charge in [0.25, 0.3) is 0 Å². The van der Waals surface area contributed by atoms with Crippen LogP contribution < -0.4 is 14.8 Å². The van der Waals surface area contributed by atoms with Crippen LogP contribution in [0.15, 0.2) is 42.5 Å². The Morgan fingerprint density at radius 2 is 1.88 bits per heavy atom. The second-order valence-electron chi connectivity index (χ2n) is 5.27. The fraction of sp³-hybridized carbons (Fsp3) is 0.278. The van der Waals surface area contributed by atoms with E-state index in [1.807, 2.05) is 31.2 Å². The number of carbonyl (C=O) groups is 1. The molecule has 0 aliphatic heterocycles. The number of benzene rings is 2. The van der Waals surface area contributed by atoms with Crippen molar-refractivity contribution in [2.75, 3.05) is 18.2 Å². The summed E-state index contributed by atoms with van der Waals surface area (Å²) in [6.07, 6.45) is 0. The molecule has 4 nitrogen and oxygen atoms in total. The lowest BCUT2D eigenvalue weighted by atomic mass is 10.2. The number of halogens is 2. The van der Waals surface area contributed by atoms with E-state index < -0.39 is 6.61 Å². The minimum atomic E-state index is -2.97. The lowest BCUT2D eigenvalue weighted by Crippen LogP contribution is -2.14. The zero-order chi connectivity index (χ0) is 18.2. The quantitative estimate of drug-likeness (QED) is 0.747. The number of anilines is 1. The lowest BCUT2D eigenvalue weighted by molar-refractivity contribution is -0.113. The number of alkyl halides is 2. The molecular weight excluding hydrogens is 348 g/mol. The van der Waals surface area contributed by atoms with E-state index in [4.69, 9.17) is 4.74 Å². The van der Waals surface area contributed by atoms with Crippen LogP contribution in [0.4, 0.5) is 14.5 Å². The van der Waals surface area contributed by atoms with Crippen molar-refractivity contribution in [3.05, 3.63) is 53.6 Å². The number of hydrogen-bond donors (Lipinski definition) is 1. The van der Waals surface area contributed by atoms with E-state index in [0.29, 0.717) is 5.69 Å². The Kier molecular flexibility index (Phi) is 7.06. The van der Waals surface area contributed by atoms with Crippen LogP contribution in [0, 0.1) is 6.92 Å². The van der Waals surface area contributed by atoms with Gasteiger partial charge in [-0.25, -0.2) is 0 Å². The maximum Gasteiger partial charge on any atom is 0.387 e. The van der Waals surface area contributed by atoms with Gasteiger partial charge in [-0.3, -0.25) is 4.79 Å². The Morgan fingerprint density at radius 3 is 2.52 bits per heavy atom. The molecule has 0 unspecified atom stereocenters. The van der Waals surface area contributed by atoms with Gasteiger partial charge in [-0.2, -0.15) is 8.78 Å². The molecule has 2 rings (SSSR count). The smallest absolute Gasteiger partial charge is 0.387 e. The number of ether oxygens (including phenoxy) is 2. The van der Waals surface area contributed by atoms with Crippen molar-refractivity contribution in [2.45, 2.75) is 19.3 Å². The van der Waals surface area contributed by atoms with Gasteiger partial charge in [0.2, 0.25) is 5.91 Å². The first-order valence-corrected chi connectivity index (χ1v) is 8.69. The molecule has 0 spiro atoms. The summed E-state index contributed by atoms with van der Waals surface area (Å²) in [5.41, 5.74) is 2.70. The number of methoxy groups -OCH3 is 1. The Hall–Kier alpha value is -2.28. The first-order chi connectivity index (χ1) is 12.0. The van der Waals surface area contributed by atoms with Crippen molar-refractivity contribution in [3.8, 4) is 11.5 Å². The molecule has 134 valence electrons. The van der Waals surface area contributed by atoms with E-state index >= 15 is 0 Å². The molecule has 1 N–H and O–H groups in total. The third-order valence-electron chi connectivity index (χ3n) is 3.29. The van der Waals surface area contributed by atoms with E-state index in [0.717, 1.165) is 11.3 Å². The zero-order valence-electron chi connectivity index (χ0n) is 13.9. The van der Waals surface area contributed by atoms with Gasteiger partial charge in [-0.15, -0.1) is 11.8 Å². The summed E-state index contributed by atoms with van der Waals surface area (Å²) in [5.74, 6) is 0.806. The van der Waals surface area contributed by atoms with Crippen LogP contribution in [-0.2, 0) is 10.5 Å². The van der Waals surface area contributed by atoms with Crippen molar-refractivity contribution in [1.82, 2.24) is 0 Å². The summed E-state index contributed by atoms with van der Waals surface area (Å²) < 4.78 is 34.2. The summed E-state index contributed by atoms with van der Waals surface area (Å²) in [6, 6.07) is 12.4. The fourth-order valence-corrected chi connectivity index (χ4v) is 2.87. The van der Waals surface area contributed by atoms with Crippen molar-refractivity contribution in [3.63, 3.8) is 0 Å². The monoisotopic (exact) mass is 367 g/mol. The van der Waals surface area contributed by atoms with Crippen LogP contribution in [0.1, 0.15) is 11.1 Å². The second kappa shape index (κ2) is 9.27.